The summed E-state index contributed by atoms with van der Waals surface area (Å²) in [7, 11) is 4.85. The van der Waals surface area contributed by atoms with Gasteiger partial charge in [-0.25, -0.2) is 0 Å². The summed E-state index contributed by atoms with van der Waals surface area (Å²) >= 11 is 0. The van der Waals surface area contributed by atoms with Gasteiger partial charge in [-0.2, -0.15) is 0 Å². The molecular weight excluding hydrogens is 342 g/mol. The average Bonchev–Trinajstić information content (AvgIpc) is 2.60. The van der Waals surface area contributed by atoms with Gasteiger partial charge in [0.1, 0.15) is 0 Å². The first-order valence-corrected chi connectivity index (χ1v) is 8.12. The van der Waals surface area contributed by atoms with E-state index >= 15 is 0 Å². The Balaban J connectivity index is 0.00000182. The lowest BCUT2D eigenvalue weighted by atomic mass is 9.60. The third-order valence-electron chi connectivity index (χ3n) is 5.42. The van der Waals surface area contributed by atoms with E-state index in [1.807, 2.05) is 6.08 Å². The summed E-state index contributed by atoms with van der Waals surface area (Å²) in [6.07, 6.45) is 5.59. The van der Waals surface area contributed by atoms with Crippen molar-refractivity contribution in [3.05, 3.63) is 46.7 Å². The number of methoxy groups -OCH3 is 3. The number of hydrogen-bond acceptors (Lipinski definition) is 5. The molecule has 0 radical (unpaired) electrons. The quantitative estimate of drug-likeness (QED) is 0.893. The Labute approximate surface area is 153 Å². The van der Waals surface area contributed by atoms with E-state index in [4.69, 9.17) is 14.2 Å². The van der Waals surface area contributed by atoms with Gasteiger partial charge < -0.3 is 19.5 Å². The fraction of sp³-hybridized carbons (Fsp3) is 0.421. The second-order valence-electron chi connectivity index (χ2n) is 6.57. The Morgan fingerprint density at radius 2 is 1.84 bits per heavy atom. The Hall–Kier alpha value is -1.98. The summed E-state index contributed by atoms with van der Waals surface area (Å²) in [5, 5.41) is 3.54. The molecule has 25 heavy (non-hydrogen) atoms. The van der Waals surface area contributed by atoms with Crippen LogP contribution in [0, 0.1) is 0 Å². The van der Waals surface area contributed by atoms with Crippen molar-refractivity contribution < 1.29 is 19.0 Å². The van der Waals surface area contributed by atoms with E-state index in [9.17, 15) is 4.79 Å². The summed E-state index contributed by atoms with van der Waals surface area (Å²) in [6.45, 7) is 0.720. The summed E-state index contributed by atoms with van der Waals surface area (Å²) in [6, 6.07) is 4.49. The molecule has 0 saturated carbocycles. The molecule has 1 fully saturated rings. The van der Waals surface area contributed by atoms with Gasteiger partial charge in [0.25, 0.3) is 0 Å². The van der Waals surface area contributed by atoms with Crippen LogP contribution in [0.2, 0.25) is 0 Å². The number of carbonyl (C=O) groups excluding carboxylic acids is 1. The smallest absolute Gasteiger partial charge is 0.220 e. The second-order valence-corrected chi connectivity index (χ2v) is 6.57. The molecule has 0 amide bonds. The molecule has 2 bridgehead atoms. The van der Waals surface area contributed by atoms with Crippen LogP contribution >= 0.6 is 12.4 Å². The number of carbonyl (C=O) groups is 1. The number of hydrogen-bond donors (Lipinski definition) is 1. The maximum Gasteiger partial charge on any atom is 0.220 e. The summed E-state index contributed by atoms with van der Waals surface area (Å²) in [5.74, 6) is 1.81. The van der Waals surface area contributed by atoms with E-state index in [1.165, 1.54) is 11.1 Å². The molecule has 1 aromatic rings. The number of nitrogens with one attached hydrogen (secondary N) is 1. The predicted molar refractivity (Wildman–Crippen MR) is 96.8 cm³/mol. The SMILES string of the molecule is COC1=CC23CC(Cc4cc(OC)c(OC)cc42)NCC3=CC1=O.Cl. The van der Waals surface area contributed by atoms with Gasteiger partial charge in [-0.15, -0.1) is 12.4 Å². The number of ether oxygens (including phenoxy) is 3. The zero-order valence-corrected chi connectivity index (χ0v) is 15.4. The minimum Gasteiger partial charge on any atom is -0.493 e. The maximum atomic E-state index is 12.2. The normalized spacial score (nSPS) is 26.4. The highest BCUT2D eigenvalue weighted by Crippen LogP contribution is 2.50. The van der Waals surface area contributed by atoms with Crippen molar-refractivity contribution in [1.29, 1.82) is 0 Å². The molecule has 2 unspecified atom stereocenters. The van der Waals surface area contributed by atoms with Gasteiger partial charge in [-0.05, 0) is 53.8 Å². The van der Waals surface area contributed by atoms with Gasteiger partial charge in [-0.1, -0.05) is 0 Å². The number of fused-ring (bicyclic) bond motifs is 2. The van der Waals surface area contributed by atoms with Crippen LogP contribution in [0.5, 0.6) is 11.5 Å². The Bertz CT molecular complexity index is 786. The van der Waals surface area contributed by atoms with Gasteiger partial charge >= 0.3 is 0 Å². The number of rotatable bonds is 3. The summed E-state index contributed by atoms with van der Waals surface area (Å²) in [4.78, 5) is 12.2. The van der Waals surface area contributed by atoms with Crippen molar-refractivity contribution in [1.82, 2.24) is 5.32 Å². The van der Waals surface area contributed by atoms with Crippen molar-refractivity contribution in [3.63, 3.8) is 0 Å². The van der Waals surface area contributed by atoms with Crippen LogP contribution in [0.4, 0.5) is 0 Å². The molecule has 1 aromatic carbocycles. The first kappa shape index (κ1) is 17.8. The van der Waals surface area contributed by atoms with Crippen molar-refractivity contribution in [2.24, 2.45) is 0 Å². The second kappa shape index (κ2) is 6.39. The molecule has 134 valence electrons. The first-order valence-electron chi connectivity index (χ1n) is 8.12. The molecule has 5 nitrogen and oxygen atoms in total. The zero-order valence-electron chi connectivity index (χ0n) is 14.5. The molecule has 1 saturated heterocycles. The van der Waals surface area contributed by atoms with Crippen molar-refractivity contribution in [2.75, 3.05) is 27.9 Å². The van der Waals surface area contributed by atoms with E-state index in [-0.39, 0.29) is 23.6 Å². The monoisotopic (exact) mass is 363 g/mol. The highest BCUT2D eigenvalue weighted by Gasteiger charge is 2.48. The molecular formula is C19H22ClNO4. The molecule has 6 heteroatoms. The topological polar surface area (TPSA) is 56.8 Å². The molecule has 2 aliphatic carbocycles. The number of ketones is 1. The van der Waals surface area contributed by atoms with Crippen molar-refractivity contribution in [2.45, 2.75) is 24.3 Å². The third kappa shape index (κ3) is 2.53. The van der Waals surface area contributed by atoms with Crippen LogP contribution in [0.25, 0.3) is 0 Å². The van der Waals surface area contributed by atoms with Gasteiger partial charge in [-0.3, -0.25) is 4.79 Å². The van der Waals surface area contributed by atoms with Crippen molar-refractivity contribution >= 4 is 18.2 Å². The van der Waals surface area contributed by atoms with Gasteiger partial charge in [0, 0.05) is 18.0 Å². The van der Waals surface area contributed by atoms with E-state index in [2.05, 4.69) is 17.4 Å². The van der Waals surface area contributed by atoms with Crippen molar-refractivity contribution in [3.8, 4) is 11.5 Å². The maximum absolute atomic E-state index is 12.2. The standard InChI is InChI=1S/C19H21NO4.ClH/c1-22-16-5-11-4-13-8-19(14(11)7-17(16)23-2)9-18(24-3)15(21)6-12(19)10-20-13;/h5-7,9,13,20H,4,8,10H2,1-3H3;1H. The molecule has 4 rings (SSSR count). The highest BCUT2D eigenvalue weighted by atomic mass is 35.5. The molecule has 3 aliphatic rings. The molecule has 1 N–H and O–H groups in total. The number of piperidine rings is 1. The van der Waals surface area contributed by atoms with Gasteiger partial charge in [0.2, 0.25) is 5.78 Å². The minimum absolute atomic E-state index is 0. The highest BCUT2D eigenvalue weighted by molar-refractivity contribution is 6.05. The molecule has 2 atom stereocenters. The van der Waals surface area contributed by atoms with Gasteiger partial charge in [0.15, 0.2) is 17.3 Å². The minimum atomic E-state index is -0.303. The molecule has 0 aromatic heterocycles. The van der Waals surface area contributed by atoms with E-state index in [0.717, 1.165) is 30.7 Å². The zero-order chi connectivity index (χ0) is 16.9. The van der Waals surface area contributed by atoms with Gasteiger partial charge in [0.05, 0.1) is 21.3 Å². The Morgan fingerprint density at radius 1 is 1.12 bits per heavy atom. The van der Waals surface area contributed by atoms with E-state index < -0.39 is 0 Å². The molecule has 1 spiro atoms. The van der Waals surface area contributed by atoms with Crippen LogP contribution in [-0.4, -0.2) is 39.7 Å². The lowest BCUT2D eigenvalue weighted by Crippen LogP contribution is -2.53. The summed E-state index contributed by atoms with van der Waals surface area (Å²) in [5.41, 5.74) is 3.20. The van der Waals surface area contributed by atoms with Crippen LogP contribution in [0.1, 0.15) is 17.5 Å². The number of halogens is 1. The van der Waals surface area contributed by atoms with E-state index in [0.29, 0.717) is 17.6 Å². The number of allylic oxidation sites excluding steroid dienone is 2. The fourth-order valence-corrected chi connectivity index (χ4v) is 4.29. The first-order chi connectivity index (χ1) is 11.6. The Morgan fingerprint density at radius 3 is 2.52 bits per heavy atom. The average molecular weight is 364 g/mol. The lowest BCUT2D eigenvalue weighted by molar-refractivity contribution is -0.114. The summed E-state index contributed by atoms with van der Waals surface area (Å²) < 4.78 is 16.3. The molecule has 1 aliphatic heterocycles. The predicted octanol–water partition coefficient (Wildman–Crippen LogP) is 2.32. The number of benzene rings is 1. The lowest BCUT2D eigenvalue weighted by Gasteiger charge is -2.48. The van der Waals surface area contributed by atoms with Crippen LogP contribution in [-0.2, 0) is 21.4 Å². The molecule has 1 heterocycles. The largest absolute Gasteiger partial charge is 0.493 e. The fourth-order valence-electron chi connectivity index (χ4n) is 4.29. The van der Waals surface area contributed by atoms with Crippen LogP contribution < -0.4 is 14.8 Å². The van der Waals surface area contributed by atoms with E-state index in [1.54, 1.807) is 27.4 Å². The Kier molecular flexibility index (Phi) is 4.56. The van der Waals surface area contributed by atoms with Crippen LogP contribution in [0.3, 0.4) is 0 Å². The third-order valence-corrected chi connectivity index (χ3v) is 5.42. The van der Waals surface area contributed by atoms with Crippen LogP contribution in [0.15, 0.2) is 35.6 Å².